The zero-order chi connectivity index (χ0) is 25.4. The minimum atomic E-state index is -0.712. The molecule has 5 amide bonds. The quantitative estimate of drug-likeness (QED) is 0.283. The van der Waals surface area contributed by atoms with Gasteiger partial charge in [-0.2, -0.15) is 0 Å². The number of hydrogen-bond acceptors (Lipinski definition) is 7. The highest BCUT2D eigenvalue weighted by Gasteiger charge is 2.40. The van der Waals surface area contributed by atoms with Crippen LogP contribution in [0, 0.1) is 0 Å². The summed E-state index contributed by atoms with van der Waals surface area (Å²) in [5, 5.41) is 7.80. The fraction of sp³-hybridized carbons (Fsp3) is 0.542. The maximum atomic E-state index is 12.8. The third-order valence-corrected chi connectivity index (χ3v) is 5.69. The summed E-state index contributed by atoms with van der Waals surface area (Å²) >= 11 is 0. The molecule has 1 unspecified atom stereocenters. The van der Waals surface area contributed by atoms with Crippen molar-refractivity contribution < 1.29 is 33.4 Å². The predicted molar refractivity (Wildman–Crippen MR) is 124 cm³/mol. The van der Waals surface area contributed by atoms with Crippen LogP contribution in [0.4, 0.5) is 0 Å². The van der Waals surface area contributed by atoms with Crippen molar-refractivity contribution in [3.8, 4) is 5.75 Å². The van der Waals surface area contributed by atoms with Crippen LogP contribution in [0.15, 0.2) is 18.2 Å². The van der Waals surface area contributed by atoms with Crippen molar-refractivity contribution in [1.29, 1.82) is 0 Å². The van der Waals surface area contributed by atoms with Crippen LogP contribution in [0.25, 0.3) is 0 Å². The average Bonchev–Trinajstić information content (AvgIpc) is 3.15. The van der Waals surface area contributed by atoms with Gasteiger partial charge in [-0.25, -0.2) is 0 Å². The van der Waals surface area contributed by atoms with Crippen LogP contribution in [0.1, 0.15) is 55.5 Å². The highest BCUT2D eigenvalue weighted by molar-refractivity contribution is 6.05. The zero-order valence-electron chi connectivity index (χ0n) is 20.1. The van der Waals surface area contributed by atoms with Crippen LogP contribution < -0.4 is 20.7 Å². The number of unbranched alkanes of at least 4 members (excludes halogenated alkanes) is 1. The molecule has 3 rings (SSSR count). The summed E-state index contributed by atoms with van der Waals surface area (Å²) < 4.78 is 10.9. The van der Waals surface area contributed by atoms with E-state index in [0.29, 0.717) is 42.8 Å². The van der Waals surface area contributed by atoms with Crippen molar-refractivity contribution in [1.82, 2.24) is 20.9 Å². The molecule has 2 aliphatic rings. The van der Waals surface area contributed by atoms with E-state index in [4.69, 9.17) is 9.47 Å². The van der Waals surface area contributed by atoms with Gasteiger partial charge in [0.15, 0.2) is 6.61 Å². The van der Waals surface area contributed by atoms with E-state index in [0.717, 1.165) is 0 Å². The van der Waals surface area contributed by atoms with Crippen molar-refractivity contribution in [2.45, 2.75) is 58.2 Å². The first-order valence-corrected chi connectivity index (χ1v) is 11.8. The number of nitrogens with one attached hydrogen (secondary N) is 3. The van der Waals surface area contributed by atoms with Crippen LogP contribution in [-0.4, -0.2) is 72.9 Å². The molecule has 1 saturated heterocycles. The van der Waals surface area contributed by atoms with Gasteiger partial charge >= 0.3 is 0 Å². The molecule has 1 atom stereocenters. The van der Waals surface area contributed by atoms with Gasteiger partial charge in [0, 0.05) is 30.6 Å². The molecule has 1 aromatic carbocycles. The SMILES string of the molecule is CC(C)OCC(=O)NCCCCNC(=O)COc1cccc2c1CN(C1CCC(=O)NC1=O)C2=O. The van der Waals surface area contributed by atoms with Gasteiger partial charge in [0.2, 0.25) is 17.7 Å². The van der Waals surface area contributed by atoms with Gasteiger partial charge in [0.1, 0.15) is 18.4 Å². The topological polar surface area (TPSA) is 143 Å². The minimum Gasteiger partial charge on any atom is -0.483 e. The molecule has 2 aliphatic heterocycles. The Bertz CT molecular complexity index is 979. The molecule has 11 nitrogen and oxygen atoms in total. The van der Waals surface area contributed by atoms with E-state index in [2.05, 4.69) is 16.0 Å². The number of piperidine rings is 1. The summed E-state index contributed by atoms with van der Waals surface area (Å²) in [6, 6.07) is 4.29. The minimum absolute atomic E-state index is 0.000104. The van der Waals surface area contributed by atoms with E-state index in [9.17, 15) is 24.0 Å². The molecule has 0 saturated carbocycles. The number of benzene rings is 1. The molecule has 11 heteroatoms. The Morgan fingerprint density at radius 1 is 1.09 bits per heavy atom. The number of amides is 5. The number of imide groups is 1. The molecule has 0 bridgehead atoms. The standard InChI is InChI=1S/C24H32N4O7/c1-15(2)34-13-21(30)25-10-3-4-11-26-22(31)14-35-19-7-5-6-16-17(19)12-28(24(16)33)18-8-9-20(29)27-23(18)32/h5-7,15,18H,3-4,8-14H2,1-2H3,(H,25,30)(H,26,31)(H,27,29,32). The molecule has 2 heterocycles. The first-order chi connectivity index (χ1) is 16.8. The average molecular weight is 489 g/mol. The van der Waals surface area contributed by atoms with E-state index < -0.39 is 11.9 Å². The maximum Gasteiger partial charge on any atom is 0.257 e. The van der Waals surface area contributed by atoms with Crippen molar-refractivity contribution in [3.63, 3.8) is 0 Å². The third-order valence-electron chi connectivity index (χ3n) is 5.69. The first kappa shape index (κ1) is 26.1. The summed E-state index contributed by atoms with van der Waals surface area (Å²) in [6.45, 7) is 4.65. The molecular formula is C24H32N4O7. The Labute approximate surface area is 203 Å². The highest BCUT2D eigenvalue weighted by atomic mass is 16.5. The summed E-state index contributed by atoms with van der Waals surface area (Å²) in [4.78, 5) is 61.6. The summed E-state index contributed by atoms with van der Waals surface area (Å²) in [5.74, 6) is -1.18. The predicted octanol–water partition coefficient (Wildman–Crippen LogP) is 0.264. The van der Waals surface area contributed by atoms with Gasteiger partial charge in [0.05, 0.1) is 12.6 Å². The Morgan fingerprint density at radius 3 is 2.43 bits per heavy atom. The van der Waals surface area contributed by atoms with E-state index >= 15 is 0 Å². The molecule has 1 aromatic rings. The number of nitrogens with zero attached hydrogens (tertiary/aromatic N) is 1. The second-order valence-corrected chi connectivity index (χ2v) is 8.74. The lowest BCUT2D eigenvalue weighted by molar-refractivity contribution is -0.137. The van der Waals surface area contributed by atoms with Crippen LogP contribution in [0.3, 0.4) is 0 Å². The molecule has 1 fully saturated rings. The lowest BCUT2D eigenvalue weighted by atomic mass is 10.0. The van der Waals surface area contributed by atoms with Gasteiger partial charge in [-0.15, -0.1) is 0 Å². The van der Waals surface area contributed by atoms with Crippen molar-refractivity contribution in [2.24, 2.45) is 0 Å². The van der Waals surface area contributed by atoms with Crippen molar-refractivity contribution in [2.75, 3.05) is 26.3 Å². The Balaban J connectivity index is 1.40. The second kappa shape index (κ2) is 12.3. The van der Waals surface area contributed by atoms with Crippen LogP contribution in [-0.2, 0) is 30.5 Å². The van der Waals surface area contributed by atoms with Crippen LogP contribution >= 0.6 is 0 Å². The summed E-state index contributed by atoms with van der Waals surface area (Å²) in [5.41, 5.74) is 1.04. The Morgan fingerprint density at radius 2 is 1.77 bits per heavy atom. The number of carbonyl (C=O) groups is 5. The van der Waals surface area contributed by atoms with E-state index in [-0.39, 0.29) is 62.3 Å². The van der Waals surface area contributed by atoms with Gasteiger partial charge in [-0.05, 0) is 45.2 Å². The second-order valence-electron chi connectivity index (χ2n) is 8.74. The van der Waals surface area contributed by atoms with Gasteiger partial charge in [0.25, 0.3) is 11.8 Å². The van der Waals surface area contributed by atoms with Crippen LogP contribution in [0.2, 0.25) is 0 Å². The fourth-order valence-corrected chi connectivity index (χ4v) is 3.89. The molecule has 0 aliphatic carbocycles. The van der Waals surface area contributed by atoms with Crippen molar-refractivity contribution >= 4 is 29.5 Å². The van der Waals surface area contributed by atoms with Gasteiger partial charge in [-0.3, -0.25) is 29.3 Å². The normalized spacial score (nSPS) is 17.3. The number of hydrogen-bond donors (Lipinski definition) is 3. The molecular weight excluding hydrogens is 456 g/mol. The maximum absolute atomic E-state index is 12.8. The van der Waals surface area contributed by atoms with E-state index in [1.54, 1.807) is 18.2 Å². The number of fused-ring (bicyclic) bond motifs is 1. The van der Waals surface area contributed by atoms with Gasteiger partial charge < -0.3 is 25.0 Å². The monoisotopic (exact) mass is 488 g/mol. The first-order valence-electron chi connectivity index (χ1n) is 11.8. The molecule has 0 radical (unpaired) electrons. The van der Waals surface area contributed by atoms with Crippen LogP contribution in [0.5, 0.6) is 5.75 Å². The third kappa shape index (κ3) is 7.25. The van der Waals surface area contributed by atoms with E-state index in [1.165, 1.54) is 4.90 Å². The Hall–Kier alpha value is -3.47. The lowest BCUT2D eigenvalue weighted by Crippen LogP contribution is -2.52. The molecule has 0 spiro atoms. The molecule has 190 valence electrons. The van der Waals surface area contributed by atoms with Crippen molar-refractivity contribution in [3.05, 3.63) is 29.3 Å². The highest BCUT2D eigenvalue weighted by Crippen LogP contribution is 2.33. The largest absolute Gasteiger partial charge is 0.483 e. The zero-order valence-corrected chi connectivity index (χ0v) is 20.1. The lowest BCUT2D eigenvalue weighted by Gasteiger charge is -2.29. The number of ether oxygens (including phenoxy) is 2. The molecule has 35 heavy (non-hydrogen) atoms. The summed E-state index contributed by atoms with van der Waals surface area (Å²) in [7, 11) is 0. The Kier molecular flexibility index (Phi) is 9.18. The fourth-order valence-electron chi connectivity index (χ4n) is 3.89. The molecule has 0 aromatic heterocycles. The summed E-state index contributed by atoms with van der Waals surface area (Å²) in [6.07, 6.45) is 1.85. The smallest absolute Gasteiger partial charge is 0.257 e. The number of rotatable bonds is 12. The molecule has 3 N–H and O–H groups in total. The number of carbonyl (C=O) groups excluding carboxylic acids is 5. The van der Waals surface area contributed by atoms with Gasteiger partial charge in [-0.1, -0.05) is 6.07 Å². The van der Waals surface area contributed by atoms with E-state index in [1.807, 2.05) is 13.8 Å².